The van der Waals surface area contributed by atoms with E-state index in [1.807, 2.05) is 0 Å². The first-order chi connectivity index (χ1) is 6.67. The number of rotatable bonds is 2. The Labute approximate surface area is 90.2 Å². The standard InChI is InChI=1S/C9H6ClNO2S/c1-13-9(12)6(5-11)4-7-2-3-8(10)14-7/h2-4H,1H3/b6-4-. The minimum atomic E-state index is -0.642. The second-order valence-corrected chi connectivity index (χ2v) is 4.05. The highest BCUT2D eigenvalue weighted by Gasteiger charge is 2.08. The fraction of sp³-hybridized carbons (Fsp3) is 0.111. The van der Waals surface area contributed by atoms with Crippen LogP contribution in [0.4, 0.5) is 0 Å². The SMILES string of the molecule is COC(=O)/C(C#N)=C\c1ccc(Cl)s1. The van der Waals surface area contributed by atoms with E-state index in [0.717, 1.165) is 4.88 Å². The molecular formula is C9H6ClNO2S. The summed E-state index contributed by atoms with van der Waals surface area (Å²) in [6.45, 7) is 0. The zero-order valence-corrected chi connectivity index (χ0v) is 8.85. The summed E-state index contributed by atoms with van der Waals surface area (Å²) >= 11 is 6.98. The monoisotopic (exact) mass is 227 g/mol. The van der Waals surface area contributed by atoms with E-state index in [9.17, 15) is 4.79 Å². The smallest absolute Gasteiger partial charge is 0.348 e. The van der Waals surface area contributed by atoms with E-state index < -0.39 is 5.97 Å². The molecule has 14 heavy (non-hydrogen) atoms. The fourth-order valence-electron chi connectivity index (χ4n) is 0.795. The van der Waals surface area contributed by atoms with Gasteiger partial charge in [0.25, 0.3) is 0 Å². The number of hydrogen-bond acceptors (Lipinski definition) is 4. The maximum atomic E-state index is 11.0. The molecule has 0 amide bonds. The van der Waals surface area contributed by atoms with Gasteiger partial charge in [0.2, 0.25) is 0 Å². The highest BCUT2D eigenvalue weighted by Crippen LogP contribution is 2.23. The van der Waals surface area contributed by atoms with E-state index in [2.05, 4.69) is 4.74 Å². The summed E-state index contributed by atoms with van der Waals surface area (Å²) in [5.74, 6) is -0.642. The van der Waals surface area contributed by atoms with Gasteiger partial charge in [-0.25, -0.2) is 4.79 Å². The number of esters is 1. The van der Waals surface area contributed by atoms with Crippen LogP contribution in [-0.2, 0) is 9.53 Å². The minimum Gasteiger partial charge on any atom is -0.465 e. The Bertz CT molecular complexity index is 417. The average molecular weight is 228 g/mol. The molecule has 72 valence electrons. The second kappa shape index (κ2) is 4.80. The zero-order chi connectivity index (χ0) is 10.6. The maximum absolute atomic E-state index is 11.0. The van der Waals surface area contributed by atoms with Crippen molar-refractivity contribution < 1.29 is 9.53 Å². The quantitative estimate of drug-likeness (QED) is 0.443. The van der Waals surface area contributed by atoms with Crippen molar-refractivity contribution in [3.8, 4) is 6.07 Å². The van der Waals surface area contributed by atoms with E-state index >= 15 is 0 Å². The van der Waals surface area contributed by atoms with Crippen LogP contribution in [0.1, 0.15) is 4.88 Å². The van der Waals surface area contributed by atoms with Crippen molar-refractivity contribution in [3.63, 3.8) is 0 Å². The van der Waals surface area contributed by atoms with Gasteiger partial charge in [0.15, 0.2) is 0 Å². The Kier molecular flexibility index (Phi) is 3.69. The minimum absolute atomic E-state index is 0.0361. The van der Waals surface area contributed by atoms with Crippen LogP contribution in [0.3, 0.4) is 0 Å². The summed E-state index contributed by atoms with van der Waals surface area (Å²) in [7, 11) is 1.23. The molecule has 3 nitrogen and oxygen atoms in total. The molecule has 0 bridgehead atoms. The number of hydrogen-bond donors (Lipinski definition) is 0. The molecule has 1 aromatic rings. The van der Waals surface area contributed by atoms with Gasteiger partial charge in [0, 0.05) is 4.88 Å². The van der Waals surface area contributed by atoms with Crippen LogP contribution in [-0.4, -0.2) is 13.1 Å². The maximum Gasteiger partial charge on any atom is 0.348 e. The van der Waals surface area contributed by atoms with E-state index in [1.165, 1.54) is 24.5 Å². The van der Waals surface area contributed by atoms with Crippen molar-refractivity contribution in [2.45, 2.75) is 0 Å². The van der Waals surface area contributed by atoms with Crippen LogP contribution in [0.2, 0.25) is 4.34 Å². The Morgan fingerprint density at radius 3 is 2.86 bits per heavy atom. The van der Waals surface area contributed by atoms with Crippen LogP contribution in [0.25, 0.3) is 6.08 Å². The molecule has 0 aliphatic heterocycles. The molecule has 0 unspecified atom stereocenters. The molecule has 1 aromatic heterocycles. The number of carbonyl (C=O) groups excluding carboxylic acids is 1. The topological polar surface area (TPSA) is 50.1 Å². The van der Waals surface area contributed by atoms with Gasteiger partial charge in [-0.1, -0.05) is 11.6 Å². The number of carbonyl (C=O) groups is 1. The van der Waals surface area contributed by atoms with Crippen LogP contribution in [0.15, 0.2) is 17.7 Å². The normalized spacial score (nSPS) is 10.8. The second-order valence-electron chi connectivity index (χ2n) is 2.30. The lowest BCUT2D eigenvalue weighted by Crippen LogP contribution is -2.02. The predicted octanol–water partition coefficient (Wildman–Crippen LogP) is 2.48. The van der Waals surface area contributed by atoms with Gasteiger partial charge < -0.3 is 4.74 Å². The molecule has 0 aliphatic carbocycles. The molecule has 0 N–H and O–H groups in total. The Balaban J connectivity index is 2.96. The number of nitrogens with zero attached hydrogens (tertiary/aromatic N) is 1. The molecule has 1 rings (SSSR count). The van der Waals surface area contributed by atoms with Crippen LogP contribution in [0, 0.1) is 11.3 Å². The molecule has 0 spiro atoms. The summed E-state index contributed by atoms with van der Waals surface area (Å²) in [4.78, 5) is 11.8. The number of halogens is 1. The third-order valence-corrected chi connectivity index (χ3v) is 2.58. The largest absolute Gasteiger partial charge is 0.465 e. The predicted molar refractivity (Wildman–Crippen MR) is 54.9 cm³/mol. The summed E-state index contributed by atoms with van der Waals surface area (Å²) in [6.07, 6.45) is 1.45. The van der Waals surface area contributed by atoms with Gasteiger partial charge >= 0.3 is 5.97 Å². The van der Waals surface area contributed by atoms with Crippen molar-refractivity contribution in [1.29, 1.82) is 5.26 Å². The van der Waals surface area contributed by atoms with Crippen molar-refractivity contribution in [3.05, 3.63) is 26.9 Å². The van der Waals surface area contributed by atoms with Crippen molar-refractivity contribution in [1.82, 2.24) is 0 Å². The molecule has 0 aromatic carbocycles. The Hall–Kier alpha value is -1.31. The molecule has 0 saturated heterocycles. The molecule has 0 radical (unpaired) electrons. The summed E-state index contributed by atoms with van der Waals surface area (Å²) < 4.78 is 5.03. The first-order valence-electron chi connectivity index (χ1n) is 3.63. The van der Waals surface area contributed by atoms with Gasteiger partial charge in [0.05, 0.1) is 11.4 Å². The number of nitriles is 1. The van der Waals surface area contributed by atoms with Crippen molar-refractivity contribution >= 4 is 35.0 Å². The highest BCUT2D eigenvalue weighted by molar-refractivity contribution is 7.17. The zero-order valence-electron chi connectivity index (χ0n) is 7.28. The van der Waals surface area contributed by atoms with Crippen LogP contribution < -0.4 is 0 Å². The molecule has 5 heteroatoms. The average Bonchev–Trinajstić information content (AvgIpc) is 2.59. The third-order valence-electron chi connectivity index (χ3n) is 1.41. The molecule has 1 heterocycles. The molecule has 0 saturated carbocycles. The van der Waals surface area contributed by atoms with Crippen LogP contribution in [0.5, 0.6) is 0 Å². The van der Waals surface area contributed by atoms with Gasteiger partial charge in [-0.15, -0.1) is 11.3 Å². The number of thiophene rings is 1. The van der Waals surface area contributed by atoms with E-state index in [1.54, 1.807) is 18.2 Å². The summed E-state index contributed by atoms with van der Waals surface area (Å²) in [5, 5.41) is 8.65. The Morgan fingerprint density at radius 2 is 2.43 bits per heavy atom. The van der Waals surface area contributed by atoms with E-state index in [4.69, 9.17) is 16.9 Å². The molecule has 0 atom stereocenters. The Morgan fingerprint density at radius 1 is 1.71 bits per heavy atom. The molecule has 0 aliphatic rings. The lowest BCUT2D eigenvalue weighted by molar-refractivity contribution is -0.135. The molecular weight excluding hydrogens is 222 g/mol. The van der Waals surface area contributed by atoms with Crippen molar-refractivity contribution in [2.24, 2.45) is 0 Å². The lowest BCUT2D eigenvalue weighted by Gasteiger charge is -1.93. The number of ether oxygens (including phenoxy) is 1. The lowest BCUT2D eigenvalue weighted by atomic mass is 10.2. The number of methoxy groups -OCH3 is 1. The van der Waals surface area contributed by atoms with Crippen molar-refractivity contribution in [2.75, 3.05) is 7.11 Å². The van der Waals surface area contributed by atoms with Crippen LogP contribution >= 0.6 is 22.9 Å². The fourth-order valence-corrected chi connectivity index (χ4v) is 1.80. The summed E-state index contributed by atoms with van der Waals surface area (Å²) in [6, 6.07) is 5.19. The first-order valence-corrected chi connectivity index (χ1v) is 4.82. The van der Waals surface area contributed by atoms with E-state index in [0.29, 0.717) is 4.34 Å². The highest BCUT2D eigenvalue weighted by atomic mass is 35.5. The van der Waals surface area contributed by atoms with Gasteiger partial charge in [-0.3, -0.25) is 0 Å². The first kappa shape index (κ1) is 10.8. The molecule has 0 fully saturated rings. The van der Waals surface area contributed by atoms with E-state index in [-0.39, 0.29) is 5.57 Å². The van der Waals surface area contributed by atoms with Gasteiger partial charge in [-0.05, 0) is 18.2 Å². The summed E-state index contributed by atoms with van der Waals surface area (Å²) in [5.41, 5.74) is -0.0361. The third kappa shape index (κ3) is 2.59. The van der Waals surface area contributed by atoms with Gasteiger partial charge in [0.1, 0.15) is 11.6 Å². The van der Waals surface area contributed by atoms with Gasteiger partial charge in [-0.2, -0.15) is 5.26 Å².